The van der Waals surface area contributed by atoms with Crippen LogP contribution in [0.3, 0.4) is 0 Å². The van der Waals surface area contributed by atoms with Crippen LogP contribution >= 0.6 is 54.8 Å². The first-order valence-corrected chi connectivity index (χ1v) is 8.38. The van der Waals surface area contributed by atoms with Crippen LogP contribution in [0.2, 0.25) is 0 Å². The third-order valence-electron chi connectivity index (χ3n) is 2.64. The minimum absolute atomic E-state index is 0.528. The van der Waals surface area contributed by atoms with Gasteiger partial charge in [0.25, 0.3) is 0 Å². The SMILES string of the molecule is CN(Cc1csc(Br)c1)c1cc(Br)ccc1CCl. The van der Waals surface area contributed by atoms with Crippen molar-refractivity contribution in [2.75, 3.05) is 11.9 Å². The van der Waals surface area contributed by atoms with Gasteiger partial charge in [-0.1, -0.05) is 22.0 Å². The smallest absolute Gasteiger partial charge is 0.0701 e. The first-order chi connectivity index (χ1) is 8.60. The lowest BCUT2D eigenvalue weighted by Gasteiger charge is -2.21. The van der Waals surface area contributed by atoms with Crippen molar-refractivity contribution < 1.29 is 0 Å². The van der Waals surface area contributed by atoms with Crippen molar-refractivity contribution in [3.8, 4) is 0 Å². The fourth-order valence-corrected chi connectivity index (χ4v) is 3.57. The van der Waals surface area contributed by atoms with Gasteiger partial charge in [-0.2, -0.15) is 0 Å². The molecule has 0 aliphatic rings. The van der Waals surface area contributed by atoms with E-state index in [1.54, 1.807) is 11.3 Å². The van der Waals surface area contributed by atoms with Crippen molar-refractivity contribution in [3.63, 3.8) is 0 Å². The van der Waals surface area contributed by atoms with E-state index in [2.05, 4.69) is 67.4 Å². The molecule has 18 heavy (non-hydrogen) atoms. The molecule has 2 aromatic rings. The fourth-order valence-electron chi connectivity index (χ4n) is 1.79. The predicted molar refractivity (Wildman–Crippen MR) is 87.8 cm³/mol. The number of rotatable bonds is 4. The Balaban J connectivity index is 2.22. The molecule has 0 bridgehead atoms. The van der Waals surface area contributed by atoms with Gasteiger partial charge in [0, 0.05) is 29.6 Å². The van der Waals surface area contributed by atoms with Gasteiger partial charge in [-0.3, -0.25) is 0 Å². The van der Waals surface area contributed by atoms with Gasteiger partial charge >= 0.3 is 0 Å². The normalized spacial score (nSPS) is 10.7. The maximum Gasteiger partial charge on any atom is 0.0701 e. The Morgan fingerprint density at radius 1 is 1.28 bits per heavy atom. The number of hydrogen-bond donors (Lipinski definition) is 0. The van der Waals surface area contributed by atoms with E-state index in [1.807, 2.05) is 6.07 Å². The third-order valence-corrected chi connectivity index (χ3v) is 4.98. The molecule has 1 heterocycles. The van der Waals surface area contributed by atoms with Crippen molar-refractivity contribution >= 4 is 60.5 Å². The molecule has 0 saturated heterocycles. The molecule has 0 atom stereocenters. The maximum atomic E-state index is 5.99. The van der Waals surface area contributed by atoms with Crippen LogP contribution in [-0.4, -0.2) is 7.05 Å². The zero-order chi connectivity index (χ0) is 13.1. The van der Waals surface area contributed by atoms with E-state index in [1.165, 1.54) is 11.3 Å². The highest BCUT2D eigenvalue weighted by Crippen LogP contribution is 2.28. The minimum Gasteiger partial charge on any atom is -0.370 e. The molecule has 1 nitrogen and oxygen atoms in total. The Hall–Kier alpha value is -0.0300. The highest BCUT2D eigenvalue weighted by Gasteiger charge is 2.09. The van der Waals surface area contributed by atoms with Gasteiger partial charge in [0.2, 0.25) is 0 Å². The Kier molecular flexibility index (Phi) is 5.13. The Bertz CT molecular complexity index is 542. The molecule has 1 aromatic heterocycles. The first-order valence-electron chi connectivity index (χ1n) is 5.38. The number of hydrogen-bond acceptors (Lipinski definition) is 2. The molecule has 0 amide bonds. The van der Waals surface area contributed by atoms with Crippen LogP contribution in [0.4, 0.5) is 5.69 Å². The van der Waals surface area contributed by atoms with Crippen LogP contribution in [0.5, 0.6) is 0 Å². The van der Waals surface area contributed by atoms with Gasteiger partial charge in [0.05, 0.1) is 3.79 Å². The van der Waals surface area contributed by atoms with Crippen LogP contribution in [0.25, 0.3) is 0 Å². The zero-order valence-corrected chi connectivity index (χ0v) is 14.5. The molecule has 0 spiro atoms. The summed E-state index contributed by atoms with van der Waals surface area (Å²) in [6.45, 7) is 0.877. The summed E-state index contributed by atoms with van der Waals surface area (Å²) >= 11 is 14.7. The molecule has 0 unspecified atom stereocenters. The fraction of sp³-hybridized carbons (Fsp3) is 0.231. The average Bonchev–Trinajstić information content (AvgIpc) is 2.74. The Morgan fingerprint density at radius 3 is 2.67 bits per heavy atom. The summed E-state index contributed by atoms with van der Waals surface area (Å²) in [6.07, 6.45) is 0. The zero-order valence-electron chi connectivity index (χ0n) is 9.79. The number of anilines is 1. The summed E-state index contributed by atoms with van der Waals surface area (Å²) in [6, 6.07) is 8.35. The molecular formula is C13H12Br2ClNS. The van der Waals surface area contributed by atoms with Gasteiger partial charge < -0.3 is 4.90 Å². The largest absolute Gasteiger partial charge is 0.370 e. The van der Waals surface area contributed by atoms with E-state index in [-0.39, 0.29) is 0 Å². The number of benzene rings is 1. The highest BCUT2D eigenvalue weighted by atomic mass is 79.9. The number of nitrogens with zero attached hydrogens (tertiary/aromatic N) is 1. The van der Waals surface area contributed by atoms with E-state index in [4.69, 9.17) is 11.6 Å². The van der Waals surface area contributed by atoms with Crippen molar-refractivity contribution in [2.24, 2.45) is 0 Å². The lowest BCUT2D eigenvalue weighted by atomic mass is 10.1. The first kappa shape index (κ1) is 14.4. The van der Waals surface area contributed by atoms with Crippen LogP contribution in [-0.2, 0) is 12.4 Å². The molecule has 0 fully saturated rings. The maximum absolute atomic E-state index is 5.99. The predicted octanol–water partition coefficient (Wildman–Crippen LogP) is 5.65. The van der Waals surface area contributed by atoms with Gasteiger partial charge in [0.1, 0.15) is 0 Å². The van der Waals surface area contributed by atoms with E-state index in [0.29, 0.717) is 5.88 Å². The lowest BCUT2D eigenvalue weighted by molar-refractivity contribution is 0.919. The molecule has 0 aliphatic heterocycles. The standard InChI is InChI=1S/C13H12Br2ClNS/c1-17(7-9-4-13(15)18-8-9)12-5-11(14)3-2-10(12)6-16/h2-5,8H,6-7H2,1H3. The molecular weight excluding hydrogens is 397 g/mol. The molecule has 0 N–H and O–H groups in total. The van der Waals surface area contributed by atoms with E-state index >= 15 is 0 Å². The van der Waals surface area contributed by atoms with Crippen LogP contribution in [0, 0.1) is 0 Å². The second-order valence-corrected chi connectivity index (χ2v) is 7.50. The van der Waals surface area contributed by atoms with Crippen LogP contribution < -0.4 is 4.90 Å². The van der Waals surface area contributed by atoms with Gasteiger partial charge in [0.15, 0.2) is 0 Å². The molecule has 1 aromatic carbocycles. The van der Waals surface area contributed by atoms with Crippen molar-refractivity contribution in [3.05, 3.63) is 49.0 Å². The van der Waals surface area contributed by atoms with Crippen LogP contribution in [0.15, 0.2) is 37.9 Å². The van der Waals surface area contributed by atoms with Crippen molar-refractivity contribution in [1.82, 2.24) is 0 Å². The lowest BCUT2D eigenvalue weighted by Crippen LogP contribution is -2.17. The Morgan fingerprint density at radius 2 is 2.06 bits per heavy atom. The number of thiophene rings is 1. The van der Waals surface area contributed by atoms with Crippen LogP contribution in [0.1, 0.15) is 11.1 Å². The van der Waals surface area contributed by atoms with Gasteiger partial charge in [-0.15, -0.1) is 22.9 Å². The molecule has 0 saturated carbocycles. The summed E-state index contributed by atoms with van der Waals surface area (Å²) in [4.78, 5) is 2.22. The highest BCUT2D eigenvalue weighted by molar-refractivity contribution is 9.11. The molecule has 5 heteroatoms. The second kappa shape index (κ2) is 6.42. The molecule has 96 valence electrons. The molecule has 0 radical (unpaired) electrons. The quantitative estimate of drug-likeness (QED) is 0.590. The summed E-state index contributed by atoms with van der Waals surface area (Å²) in [5.41, 5.74) is 3.62. The summed E-state index contributed by atoms with van der Waals surface area (Å²) in [5, 5.41) is 2.17. The molecule has 0 aliphatic carbocycles. The monoisotopic (exact) mass is 407 g/mol. The number of alkyl halides is 1. The second-order valence-electron chi connectivity index (χ2n) is 4.02. The van der Waals surface area contributed by atoms with E-state index in [9.17, 15) is 0 Å². The summed E-state index contributed by atoms with van der Waals surface area (Å²) in [5.74, 6) is 0.528. The van der Waals surface area contributed by atoms with E-state index < -0.39 is 0 Å². The average molecular weight is 410 g/mol. The number of halogens is 3. The molecule has 2 rings (SSSR count). The van der Waals surface area contributed by atoms with Gasteiger partial charge in [-0.05, 0) is 50.6 Å². The third kappa shape index (κ3) is 3.50. The van der Waals surface area contributed by atoms with E-state index in [0.717, 1.165) is 20.4 Å². The topological polar surface area (TPSA) is 3.24 Å². The van der Waals surface area contributed by atoms with Gasteiger partial charge in [-0.25, -0.2) is 0 Å². The summed E-state index contributed by atoms with van der Waals surface area (Å²) < 4.78 is 2.24. The summed E-state index contributed by atoms with van der Waals surface area (Å²) in [7, 11) is 2.09. The Labute approximate surface area is 133 Å². The minimum atomic E-state index is 0.528. The van der Waals surface area contributed by atoms with Crippen molar-refractivity contribution in [2.45, 2.75) is 12.4 Å². The van der Waals surface area contributed by atoms with Crippen molar-refractivity contribution in [1.29, 1.82) is 0 Å².